The summed E-state index contributed by atoms with van der Waals surface area (Å²) in [5, 5.41) is 3.45. The summed E-state index contributed by atoms with van der Waals surface area (Å²) in [5.74, 6) is 0.00414. The Kier molecular flexibility index (Phi) is 3.75. The van der Waals surface area contributed by atoms with Gasteiger partial charge in [0.2, 0.25) is 0 Å². The normalized spacial score (nSPS) is 15.7. The molecular formula is C14H21N3O. The number of carbonyl (C=O) groups is 1. The van der Waals surface area contributed by atoms with Crippen LogP contribution in [0.15, 0.2) is 18.2 Å². The highest BCUT2D eigenvalue weighted by molar-refractivity contribution is 5.95. The van der Waals surface area contributed by atoms with Crippen molar-refractivity contribution in [3.8, 4) is 0 Å². The van der Waals surface area contributed by atoms with Crippen molar-refractivity contribution in [3.05, 3.63) is 23.8 Å². The number of anilines is 2. The Labute approximate surface area is 108 Å². The van der Waals surface area contributed by atoms with Gasteiger partial charge in [-0.05, 0) is 31.0 Å². The number of rotatable bonds is 3. The van der Waals surface area contributed by atoms with Crippen molar-refractivity contribution in [2.75, 3.05) is 25.1 Å². The van der Waals surface area contributed by atoms with E-state index in [0.29, 0.717) is 17.3 Å². The zero-order chi connectivity index (χ0) is 13.1. The van der Waals surface area contributed by atoms with Gasteiger partial charge in [0.05, 0.1) is 11.4 Å². The molecule has 0 atom stereocenters. The Hall–Kier alpha value is -1.71. The van der Waals surface area contributed by atoms with Crippen molar-refractivity contribution in [1.29, 1.82) is 0 Å². The van der Waals surface area contributed by atoms with Crippen molar-refractivity contribution < 1.29 is 4.79 Å². The van der Waals surface area contributed by atoms with Crippen molar-refractivity contribution in [2.24, 2.45) is 0 Å². The first kappa shape index (κ1) is 12.7. The number of nitrogens with two attached hydrogens (primary N) is 1. The number of hydrogen-bond donors (Lipinski definition) is 2. The van der Waals surface area contributed by atoms with E-state index in [1.165, 1.54) is 25.7 Å². The van der Waals surface area contributed by atoms with E-state index in [1.54, 1.807) is 31.1 Å². The van der Waals surface area contributed by atoms with Gasteiger partial charge in [0.15, 0.2) is 0 Å². The Morgan fingerprint density at radius 1 is 1.33 bits per heavy atom. The Morgan fingerprint density at radius 2 is 2.00 bits per heavy atom. The van der Waals surface area contributed by atoms with Crippen molar-refractivity contribution in [3.63, 3.8) is 0 Å². The summed E-state index contributed by atoms with van der Waals surface area (Å²) in [5.41, 5.74) is 8.22. The predicted octanol–water partition coefficient (Wildman–Crippen LogP) is 2.33. The minimum atomic E-state index is 0.00414. The van der Waals surface area contributed by atoms with Gasteiger partial charge in [0, 0.05) is 25.7 Å². The number of hydrogen-bond acceptors (Lipinski definition) is 3. The highest BCUT2D eigenvalue weighted by Gasteiger charge is 2.16. The van der Waals surface area contributed by atoms with Gasteiger partial charge in [0.25, 0.3) is 5.91 Å². The summed E-state index contributed by atoms with van der Waals surface area (Å²) in [6.45, 7) is 0. The van der Waals surface area contributed by atoms with Gasteiger partial charge in [0.1, 0.15) is 0 Å². The Bertz CT molecular complexity index is 437. The number of nitrogens with zero attached hydrogens (tertiary/aromatic N) is 1. The first-order valence-electron chi connectivity index (χ1n) is 6.45. The van der Waals surface area contributed by atoms with Gasteiger partial charge < -0.3 is 16.0 Å². The molecule has 4 nitrogen and oxygen atoms in total. The average molecular weight is 247 g/mol. The van der Waals surface area contributed by atoms with Gasteiger partial charge in [-0.15, -0.1) is 0 Å². The maximum atomic E-state index is 11.9. The van der Waals surface area contributed by atoms with Crippen molar-refractivity contribution in [2.45, 2.75) is 31.7 Å². The molecule has 0 aliphatic heterocycles. The molecule has 1 aromatic rings. The lowest BCUT2D eigenvalue weighted by molar-refractivity contribution is 0.0827. The van der Waals surface area contributed by atoms with Crippen LogP contribution >= 0.6 is 0 Å². The topological polar surface area (TPSA) is 58.4 Å². The largest absolute Gasteiger partial charge is 0.397 e. The third-order valence-electron chi connectivity index (χ3n) is 3.42. The summed E-state index contributed by atoms with van der Waals surface area (Å²) in [7, 11) is 3.51. The van der Waals surface area contributed by atoms with Crippen LogP contribution in [0.2, 0.25) is 0 Å². The average Bonchev–Trinajstić information content (AvgIpc) is 2.84. The molecule has 1 saturated carbocycles. The van der Waals surface area contributed by atoms with E-state index < -0.39 is 0 Å². The van der Waals surface area contributed by atoms with E-state index in [1.807, 2.05) is 6.07 Å². The van der Waals surface area contributed by atoms with Crippen molar-refractivity contribution in [1.82, 2.24) is 4.90 Å². The molecule has 2 rings (SSSR count). The molecule has 0 radical (unpaired) electrons. The second-order valence-electron chi connectivity index (χ2n) is 5.13. The lowest BCUT2D eigenvalue weighted by atomic mass is 10.1. The predicted molar refractivity (Wildman–Crippen MR) is 74.8 cm³/mol. The van der Waals surface area contributed by atoms with Gasteiger partial charge in [-0.1, -0.05) is 12.8 Å². The lowest BCUT2D eigenvalue weighted by Crippen LogP contribution is -2.22. The number of amides is 1. The van der Waals surface area contributed by atoms with Crippen LogP contribution in [0.5, 0.6) is 0 Å². The smallest absolute Gasteiger partial charge is 0.253 e. The third-order valence-corrected chi connectivity index (χ3v) is 3.42. The first-order valence-corrected chi connectivity index (χ1v) is 6.45. The highest BCUT2D eigenvalue weighted by atomic mass is 16.2. The van der Waals surface area contributed by atoms with Gasteiger partial charge in [-0.2, -0.15) is 0 Å². The van der Waals surface area contributed by atoms with E-state index in [2.05, 4.69) is 5.32 Å². The fourth-order valence-corrected chi connectivity index (χ4v) is 2.36. The van der Waals surface area contributed by atoms with E-state index in [9.17, 15) is 4.79 Å². The van der Waals surface area contributed by atoms with Crippen LogP contribution in [0.4, 0.5) is 11.4 Å². The monoisotopic (exact) mass is 247 g/mol. The summed E-state index contributed by atoms with van der Waals surface area (Å²) >= 11 is 0. The number of nitrogen functional groups attached to an aromatic ring is 1. The molecule has 1 aliphatic carbocycles. The molecule has 98 valence electrons. The summed E-state index contributed by atoms with van der Waals surface area (Å²) in [6.07, 6.45) is 4.92. The Balaban J connectivity index is 2.18. The van der Waals surface area contributed by atoms with Crippen LogP contribution in [0, 0.1) is 0 Å². The summed E-state index contributed by atoms with van der Waals surface area (Å²) in [4.78, 5) is 13.5. The minimum absolute atomic E-state index is 0.00414. The van der Waals surface area contributed by atoms with Crippen LogP contribution < -0.4 is 11.1 Å². The maximum Gasteiger partial charge on any atom is 0.253 e. The van der Waals surface area contributed by atoms with Gasteiger partial charge in [-0.25, -0.2) is 0 Å². The van der Waals surface area contributed by atoms with Crippen LogP contribution in [-0.4, -0.2) is 30.9 Å². The molecule has 1 aliphatic rings. The van der Waals surface area contributed by atoms with E-state index in [0.717, 1.165) is 5.69 Å². The molecule has 4 heteroatoms. The zero-order valence-corrected chi connectivity index (χ0v) is 11.1. The SMILES string of the molecule is CN(C)C(=O)c1ccc(N)c(NC2CCCC2)c1. The van der Waals surface area contributed by atoms with E-state index in [4.69, 9.17) is 5.73 Å². The maximum absolute atomic E-state index is 11.9. The molecule has 0 bridgehead atoms. The summed E-state index contributed by atoms with van der Waals surface area (Å²) < 4.78 is 0. The quantitative estimate of drug-likeness (QED) is 0.806. The van der Waals surface area contributed by atoms with Crippen LogP contribution in [-0.2, 0) is 0 Å². The highest BCUT2D eigenvalue weighted by Crippen LogP contribution is 2.26. The number of carbonyl (C=O) groups excluding carboxylic acids is 1. The number of benzene rings is 1. The van der Waals surface area contributed by atoms with Crippen LogP contribution in [0.25, 0.3) is 0 Å². The molecule has 1 fully saturated rings. The number of nitrogens with one attached hydrogen (secondary N) is 1. The standard InChI is InChI=1S/C14H21N3O/c1-17(2)14(18)10-7-8-12(15)13(9-10)16-11-5-3-4-6-11/h7-9,11,16H,3-6,15H2,1-2H3. The molecule has 0 spiro atoms. The molecule has 18 heavy (non-hydrogen) atoms. The fraction of sp³-hybridized carbons (Fsp3) is 0.500. The third kappa shape index (κ3) is 2.75. The van der Waals surface area contributed by atoms with Gasteiger partial charge in [-0.3, -0.25) is 4.79 Å². The molecule has 0 heterocycles. The van der Waals surface area contributed by atoms with Crippen LogP contribution in [0.1, 0.15) is 36.0 Å². The minimum Gasteiger partial charge on any atom is -0.397 e. The van der Waals surface area contributed by atoms with E-state index in [-0.39, 0.29) is 5.91 Å². The fourth-order valence-electron chi connectivity index (χ4n) is 2.36. The molecule has 1 aromatic carbocycles. The lowest BCUT2D eigenvalue weighted by Gasteiger charge is -2.17. The van der Waals surface area contributed by atoms with E-state index >= 15 is 0 Å². The second-order valence-corrected chi connectivity index (χ2v) is 5.13. The van der Waals surface area contributed by atoms with Crippen molar-refractivity contribution >= 4 is 17.3 Å². The molecular weight excluding hydrogens is 226 g/mol. The molecule has 0 aromatic heterocycles. The second kappa shape index (κ2) is 5.29. The summed E-state index contributed by atoms with van der Waals surface area (Å²) in [6, 6.07) is 5.93. The molecule has 1 amide bonds. The molecule has 3 N–H and O–H groups in total. The Morgan fingerprint density at radius 3 is 2.61 bits per heavy atom. The molecule has 0 unspecified atom stereocenters. The first-order chi connectivity index (χ1) is 8.58. The molecule has 0 saturated heterocycles. The van der Waals surface area contributed by atoms with Crippen LogP contribution in [0.3, 0.4) is 0 Å². The van der Waals surface area contributed by atoms with Gasteiger partial charge >= 0.3 is 0 Å². The zero-order valence-electron chi connectivity index (χ0n) is 11.1.